The summed E-state index contributed by atoms with van der Waals surface area (Å²) in [5.74, 6) is -0.954. The van der Waals surface area contributed by atoms with Crippen molar-refractivity contribution in [2.75, 3.05) is 13.2 Å². The van der Waals surface area contributed by atoms with Crippen molar-refractivity contribution >= 4 is 11.6 Å². The number of nitrogens with zero attached hydrogens (tertiary/aromatic N) is 2. The highest BCUT2D eigenvalue weighted by Crippen LogP contribution is 2.35. The van der Waals surface area contributed by atoms with Gasteiger partial charge in [-0.3, -0.25) is 9.20 Å². The van der Waals surface area contributed by atoms with E-state index in [9.17, 15) is 23.1 Å². The Balaban J connectivity index is 1.53. The van der Waals surface area contributed by atoms with Crippen molar-refractivity contribution < 1.29 is 32.5 Å². The van der Waals surface area contributed by atoms with Crippen molar-refractivity contribution in [3.05, 3.63) is 53.3 Å². The molecule has 2 fully saturated rings. The first-order valence-electron chi connectivity index (χ1n) is 10.1. The van der Waals surface area contributed by atoms with Crippen LogP contribution in [0.4, 0.5) is 13.2 Å². The summed E-state index contributed by atoms with van der Waals surface area (Å²) < 4.78 is 50.9. The number of alkyl halides is 3. The molecule has 1 amide bonds. The predicted molar refractivity (Wildman–Crippen MR) is 107 cm³/mol. The molecule has 0 spiro atoms. The molecule has 1 aromatic carbocycles. The topological polar surface area (TPSA) is 85.1 Å². The molecule has 5 rings (SSSR count). The number of aryl methyl sites for hydroxylation is 1. The summed E-state index contributed by atoms with van der Waals surface area (Å²) in [5.41, 5.74) is 1.62. The van der Waals surface area contributed by atoms with Crippen molar-refractivity contribution in [2.24, 2.45) is 0 Å². The van der Waals surface area contributed by atoms with Crippen LogP contribution in [0.2, 0.25) is 0 Å². The van der Waals surface area contributed by atoms with Gasteiger partial charge in [-0.2, -0.15) is 8.78 Å². The third-order valence-corrected chi connectivity index (χ3v) is 5.80. The van der Waals surface area contributed by atoms with E-state index in [1.807, 2.05) is 0 Å². The lowest BCUT2D eigenvalue weighted by atomic mass is 9.93. The molecule has 3 heterocycles. The summed E-state index contributed by atoms with van der Waals surface area (Å²) in [6.45, 7) is -1.12. The van der Waals surface area contributed by atoms with Crippen molar-refractivity contribution in [2.45, 2.75) is 37.8 Å². The Kier molecular flexibility index (Phi) is 4.86. The number of halogens is 3. The second-order valence-electron chi connectivity index (χ2n) is 8.19. The average molecular weight is 447 g/mol. The lowest BCUT2D eigenvalue weighted by Crippen LogP contribution is -2.46. The number of rotatable bonds is 6. The fourth-order valence-electron chi connectivity index (χ4n) is 3.88. The first-order valence-corrected chi connectivity index (χ1v) is 10.1. The molecule has 3 aromatic rings. The average Bonchev–Trinajstić information content (AvgIpc) is 3.22. The van der Waals surface area contributed by atoms with Crippen molar-refractivity contribution in [1.82, 2.24) is 14.7 Å². The monoisotopic (exact) mass is 447 g/mol. The van der Waals surface area contributed by atoms with Gasteiger partial charge in [-0.15, -0.1) is 0 Å². The summed E-state index contributed by atoms with van der Waals surface area (Å²) in [5, 5.41) is 13.0. The number of hydrogen-bond donors (Lipinski definition) is 2. The molecular formula is C22H20F3N3O4. The fourth-order valence-corrected chi connectivity index (χ4v) is 3.88. The van der Waals surface area contributed by atoms with Crippen LogP contribution in [0, 0.1) is 6.92 Å². The first-order chi connectivity index (χ1) is 15.2. The van der Waals surface area contributed by atoms with E-state index in [1.54, 1.807) is 41.9 Å². The molecule has 2 aliphatic rings. The Labute approximate surface area is 180 Å². The molecule has 2 N–H and O–H groups in total. The van der Waals surface area contributed by atoms with Gasteiger partial charge in [0, 0.05) is 18.2 Å². The maximum Gasteiger partial charge on any atom is 0.387 e. The molecule has 1 aliphatic carbocycles. The standard InChI is InChI=1S/C22H20F3N3O4/c1-11-4-12(5-17(32-21(24)25)19(11)20(29)27-15-7-14(15)23)16-8-26-18-6-13(2-3-28(16)18)22(30)9-31-10-22/h2-6,8,14-15,21,30H,7,9-10H2,1H3,(H,27,29). The van der Waals surface area contributed by atoms with Crippen LogP contribution >= 0.6 is 0 Å². The van der Waals surface area contributed by atoms with Gasteiger partial charge < -0.3 is 19.9 Å². The van der Waals surface area contributed by atoms with Gasteiger partial charge in [-0.1, -0.05) is 0 Å². The molecule has 10 heteroatoms. The fraction of sp³-hybridized carbons (Fsp3) is 0.364. The Morgan fingerprint density at radius 3 is 2.75 bits per heavy atom. The van der Waals surface area contributed by atoms with Gasteiger partial charge in [0.25, 0.3) is 5.91 Å². The lowest BCUT2D eigenvalue weighted by Gasteiger charge is -2.36. The molecule has 1 saturated carbocycles. The number of nitrogens with one attached hydrogen (secondary N) is 1. The smallest absolute Gasteiger partial charge is 0.387 e. The van der Waals surface area contributed by atoms with Crippen LogP contribution in [-0.2, 0) is 10.3 Å². The number of pyridine rings is 1. The number of imidazole rings is 1. The highest BCUT2D eigenvalue weighted by atomic mass is 19.3. The molecule has 2 unspecified atom stereocenters. The number of carbonyl (C=O) groups excluding carboxylic acids is 1. The molecule has 1 saturated heterocycles. The Hall–Kier alpha value is -3.11. The van der Waals surface area contributed by atoms with Gasteiger partial charge in [0.1, 0.15) is 23.2 Å². The van der Waals surface area contributed by atoms with Gasteiger partial charge in [-0.05, 0) is 42.3 Å². The van der Waals surface area contributed by atoms with E-state index in [0.717, 1.165) is 0 Å². The van der Waals surface area contributed by atoms with Crippen LogP contribution in [-0.4, -0.2) is 52.4 Å². The minimum Gasteiger partial charge on any atom is -0.434 e. The minimum absolute atomic E-state index is 0.0588. The Morgan fingerprint density at radius 1 is 1.38 bits per heavy atom. The summed E-state index contributed by atoms with van der Waals surface area (Å²) >= 11 is 0. The van der Waals surface area contributed by atoms with Gasteiger partial charge >= 0.3 is 6.61 Å². The molecule has 32 heavy (non-hydrogen) atoms. The highest BCUT2D eigenvalue weighted by molar-refractivity contribution is 5.99. The van der Waals surface area contributed by atoms with Crippen LogP contribution in [0.3, 0.4) is 0 Å². The Morgan fingerprint density at radius 2 is 2.12 bits per heavy atom. The number of aromatic nitrogens is 2. The van der Waals surface area contributed by atoms with E-state index in [-0.39, 0.29) is 30.9 Å². The lowest BCUT2D eigenvalue weighted by molar-refractivity contribution is -0.184. The van der Waals surface area contributed by atoms with E-state index >= 15 is 0 Å². The maximum atomic E-state index is 13.2. The number of carbonyl (C=O) groups is 1. The zero-order valence-corrected chi connectivity index (χ0v) is 17.0. The van der Waals surface area contributed by atoms with Gasteiger partial charge in [0.15, 0.2) is 0 Å². The summed E-state index contributed by atoms with van der Waals surface area (Å²) in [4.78, 5) is 16.9. The number of benzene rings is 1. The van der Waals surface area contributed by atoms with E-state index in [0.29, 0.717) is 28.0 Å². The molecule has 1 aliphatic heterocycles. The molecule has 2 aromatic heterocycles. The number of ether oxygens (including phenoxy) is 2. The second-order valence-corrected chi connectivity index (χ2v) is 8.19. The van der Waals surface area contributed by atoms with E-state index < -0.39 is 30.3 Å². The zero-order chi connectivity index (χ0) is 22.6. The molecular weight excluding hydrogens is 427 g/mol. The first kappa shape index (κ1) is 20.8. The van der Waals surface area contributed by atoms with Gasteiger partial charge in [0.2, 0.25) is 0 Å². The Bertz CT molecular complexity index is 1210. The molecule has 0 radical (unpaired) electrons. The molecule has 168 valence electrons. The minimum atomic E-state index is -3.14. The quantitative estimate of drug-likeness (QED) is 0.607. The predicted octanol–water partition coefficient (Wildman–Crippen LogP) is 2.97. The van der Waals surface area contributed by atoms with Crippen molar-refractivity contribution in [3.8, 4) is 17.0 Å². The number of aliphatic hydroxyl groups is 1. The second kappa shape index (κ2) is 7.49. The zero-order valence-electron chi connectivity index (χ0n) is 17.0. The SMILES string of the molecule is Cc1cc(-c2cnc3cc(C4(O)COC4)ccn23)cc(OC(F)F)c1C(=O)NC1CC1F. The third-order valence-electron chi connectivity index (χ3n) is 5.80. The van der Waals surface area contributed by atoms with Gasteiger partial charge in [-0.25, -0.2) is 9.37 Å². The van der Waals surface area contributed by atoms with Crippen LogP contribution in [0.25, 0.3) is 16.9 Å². The summed E-state index contributed by atoms with van der Waals surface area (Å²) in [7, 11) is 0. The van der Waals surface area contributed by atoms with Crippen LogP contribution in [0.5, 0.6) is 5.75 Å². The summed E-state index contributed by atoms with van der Waals surface area (Å²) in [6.07, 6.45) is 2.38. The van der Waals surface area contributed by atoms with E-state index in [1.165, 1.54) is 6.07 Å². The highest BCUT2D eigenvalue weighted by Gasteiger charge is 2.40. The third kappa shape index (κ3) is 3.59. The van der Waals surface area contributed by atoms with Crippen molar-refractivity contribution in [3.63, 3.8) is 0 Å². The molecule has 0 bridgehead atoms. The maximum absolute atomic E-state index is 13.2. The van der Waals surface area contributed by atoms with Gasteiger partial charge in [0.05, 0.1) is 36.7 Å². The number of fused-ring (bicyclic) bond motifs is 1. The van der Waals surface area contributed by atoms with E-state index in [4.69, 9.17) is 4.74 Å². The van der Waals surface area contributed by atoms with E-state index in [2.05, 4.69) is 15.0 Å². The van der Waals surface area contributed by atoms with Crippen molar-refractivity contribution in [1.29, 1.82) is 0 Å². The van der Waals surface area contributed by atoms with Crippen LogP contribution in [0.15, 0.2) is 36.7 Å². The summed E-state index contributed by atoms with van der Waals surface area (Å²) in [6, 6.07) is 5.88. The van der Waals surface area contributed by atoms with Crippen LogP contribution < -0.4 is 10.1 Å². The number of hydrogen-bond acceptors (Lipinski definition) is 5. The molecule has 2 atom stereocenters. The molecule has 7 nitrogen and oxygen atoms in total. The normalized spacial score (nSPS) is 21.4. The number of amides is 1. The van der Waals surface area contributed by atoms with Crippen LogP contribution in [0.1, 0.15) is 27.9 Å². The largest absolute Gasteiger partial charge is 0.434 e.